The lowest BCUT2D eigenvalue weighted by Crippen LogP contribution is -2.27. The Morgan fingerprint density at radius 3 is 2.52 bits per heavy atom. The van der Waals surface area contributed by atoms with Gasteiger partial charge in [-0.25, -0.2) is 4.39 Å². The lowest BCUT2D eigenvalue weighted by Gasteiger charge is -2.15. The van der Waals surface area contributed by atoms with Crippen LogP contribution in [0.25, 0.3) is 0 Å². The smallest absolute Gasteiger partial charge is 0.254 e. The van der Waals surface area contributed by atoms with E-state index in [1.165, 1.54) is 6.07 Å². The van der Waals surface area contributed by atoms with Crippen LogP contribution in [0.2, 0.25) is 0 Å². The molecule has 1 N–H and O–H groups in total. The topological polar surface area (TPSA) is 29.1 Å². The molecule has 21 heavy (non-hydrogen) atoms. The SMILES string of the molecule is CSc1ccc(C(C)NC(=O)c2cccc(Br)c2F)cc1. The molecule has 0 spiro atoms. The van der Waals surface area contributed by atoms with Gasteiger partial charge >= 0.3 is 0 Å². The minimum atomic E-state index is -0.542. The average molecular weight is 368 g/mol. The van der Waals surface area contributed by atoms with Crippen LogP contribution in [0.5, 0.6) is 0 Å². The molecule has 0 radical (unpaired) electrons. The van der Waals surface area contributed by atoms with Crippen LogP contribution >= 0.6 is 27.7 Å². The molecule has 1 unspecified atom stereocenters. The highest BCUT2D eigenvalue weighted by Gasteiger charge is 2.16. The van der Waals surface area contributed by atoms with Gasteiger partial charge in [0, 0.05) is 4.90 Å². The molecule has 110 valence electrons. The first-order valence-electron chi connectivity index (χ1n) is 6.41. The molecular weight excluding hydrogens is 353 g/mol. The normalized spacial score (nSPS) is 12.0. The van der Waals surface area contributed by atoms with Crippen molar-refractivity contribution in [3.8, 4) is 0 Å². The van der Waals surface area contributed by atoms with Gasteiger partial charge in [-0.05, 0) is 58.9 Å². The van der Waals surface area contributed by atoms with Crippen molar-refractivity contribution >= 4 is 33.6 Å². The van der Waals surface area contributed by atoms with E-state index in [-0.39, 0.29) is 16.1 Å². The summed E-state index contributed by atoms with van der Waals surface area (Å²) in [5.74, 6) is -0.963. The Kier molecular flexibility index (Phi) is 5.42. The zero-order chi connectivity index (χ0) is 15.4. The van der Waals surface area contributed by atoms with Crippen LogP contribution < -0.4 is 5.32 Å². The van der Waals surface area contributed by atoms with Gasteiger partial charge in [-0.15, -0.1) is 11.8 Å². The molecule has 0 bridgehead atoms. The fourth-order valence-electron chi connectivity index (χ4n) is 1.93. The summed E-state index contributed by atoms with van der Waals surface area (Å²) in [4.78, 5) is 13.3. The third-order valence-electron chi connectivity index (χ3n) is 3.16. The molecule has 1 amide bonds. The lowest BCUT2D eigenvalue weighted by atomic mass is 10.1. The highest BCUT2D eigenvalue weighted by Crippen LogP contribution is 2.21. The maximum absolute atomic E-state index is 13.9. The van der Waals surface area contributed by atoms with Crippen molar-refractivity contribution in [3.63, 3.8) is 0 Å². The number of thioether (sulfide) groups is 1. The summed E-state index contributed by atoms with van der Waals surface area (Å²) in [5, 5.41) is 2.81. The molecule has 2 aromatic carbocycles. The molecule has 2 aromatic rings. The van der Waals surface area contributed by atoms with Crippen molar-refractivity contribution in [1.29, 1.82) is 0 Å². The largest absolute Gasteiger partial charge is 0.345 e. The second-order valence-corrected chi connectivity index (χ2v) is 6.30. The monoisotopic (exact) mass is 367 g/mol. The van der Waals surface area contributed by atoms with Crippen LogP contribution in [0.15, 0.2) is 51.8 Å². The third kappa shape index (κ3) is 3.86. The molecule has 0 saturated heterocycles. The summed E-state index contributed by atoms with van der Waals surface area (Å²) in [5.41, 5.74) is 1.02. The second-order valence-electron chi connectivity index (χ2n) is 4.57. The molecule has 1 atom stereocenters. The number of benzene rings is 2. The second kappa shape index (κ2) is 7.09. The number of carbonyl (C=O) groups is 1. The fraction of sp³-hybridized carbons (Fsp3) is 0.188. The Balaban J connectivity index is 2.12. The number of amides is 1. The van der Waals surface area contributed by atoms with Gasteiger partial charge in [-0.2, -0.15) is 0 Å². The van der Waals surface area contributed by atoms with Gasteiger partial charge in [0.15, 0.2) is 0 Å². The molecule has 2 rings (SSSR count). The standard InChI is InChI=1S/C16H15BrFNOS/c1-10(11-6-8-12(21-2)9-7-11)19-16(20)13-4-3-5-14(17)15(13)18/h3-10H,1-2H3,(H,19,20). The van der Waals surface area contributed by atoms with Crippen LogP contribution in [-0.4, -0.2) is 12.2 Å². The number of carbonyl (C=O) groups excluding carboxylic acids is 1. The fourth-order valence-corrected chi connectivity index (χ4v) is 2.70. The molecule has 0 aliphatic carbocycles. The number of rotatable bonds is 4. The minimum Gasteiger partial charge on any atom is -0.345 e. The van der Waals surface area contributed by atoms with E-state index in [0.29, 0.717) is 0 Å². The Morgan fingerprint density at radius 2 is 1.90 bits per heavy atom. The Morgan fingerprint density at radius 1 is 1.24 bits per heavy atom. The van der Waals surface area contributed by atoms with E-state index >= 15 is 0 Å². The van der Waals surface area contributed by atoms with Crippen LogP contribution in [0.3, 0.4) is 0 Å². The number of hydrogen-bond acceptors (Lipinski definition) is 2. The molecule has 0 aromatic heterocycles. The molecule has 2 nitrogen and oxygen atoms in total. The van der Waals surface area contributed by atoms with Crippen molar-refractivity contribution in [1.82, 2.24) is 5.32 Å². The maximum atomic E-state index is 13.9. The maximum Gasteiger partial charge on any atom is 0.254 e. The first-order valence-corrected chi connectivity index (χ1v) is 8.43. The van der Waals surface area contributed by atoms with Crippen LogP contribution in [0.4, 0.5) is 4.39 Å². The average Bonchev–Trinajstić information content (AvgIpc) is 2.50. The highest BCUT2D eigenvalue weighted by atomic mass is 79.9. The molecule has 0 aliphatic rings. The predicted molar refractivity (Wildman–Crippen MR) is 88.2 cm³/mol. The summed E-state index contributed by atoms with van der Waals surface area (Å²) in [7, 11) is 0. The summed E-state index contributed by atoms with van der Waals surface area (Å²) in [6, 6.07) is 12.4. The molecule has 0 saturated carbocycles. The van der Waals surface area contributed by atoms with Gasteiger partial charge < -0.3 is 5.32 Å². The Labute approximate surface area is 136 Å². The summed E-state index contributed by atoms with van der Waals surface area (Å²) < 4.78 is 14.2. The molecular formula is C16H15BrFNOS. The van der Waals surface area contributed by atoms with Gasteiger partial charge in [0.05, 0.1) is 16.1 Å². The van der Waals surface area contributed by atoms with Crippen LogP contribution in [0.1, 0.15) is 28.9 Å². The van der Waals surface area contributed by atoms with Crippen molar-refractivity contribution < 1.29 is 9.18 Å². The van der Waals surface area contributed by atoms with E-state index in [9.17, 15) is 9.18 Å². The zero-order valence-corrected chi connectivity index (χ0v) is 14.1. The van der Waals surface area contributed by atoms with E-state index in [0.717, 1.165) is 10.5 Å². The summed E-state index contributed by atoms with van der Waals surface area (Å²) >= 11 is 4.75. The van der Waals surface area contributed by atoms with Crippen molar-refractivity contribution in [3.05, 3.63) is 63.9 Å². The first-order chi connectivity index (χ1) is 10.0. The van der Waals surface area contributed by atoms with E-state index in [1.807, 2.05) is 37.4 Å². The van der Waals surface area contributed by atoms with E-state index in [4.69, 9.17) is 0 Å². The van der Waals surface area contributed by atoms with Crippen LogP contribution in [0, 0.1) is 5.82 Å². The Bertz CT molecular complexity index is 645. The summed E-state index contributed by atoms with van der Waals surface area (Å²) in [6.45, 7) is 1.88. The molecule has 5 heteroatoms. The third-order valence-corrected chi connectivity index (χ3v) is 4.52. The van der Waals surface area contributed by atoms with Gasteiger partial charge in [-0.3, -0.25) is 4.79 Å². The van der Waals surface area contributed by atoms with Crippen molar-refractivity contribution in [2.24, 2.45) is 0 Å². The number of halogens is 2. The predicted octanol–water partition coefficient (Wildman–Crippen LogP) is 4.80. The highest BCUT2D eigenvalue weighted by molar-refractivity contribution is 9.10. The van der Waals surface area contributed by atoms with E-state index in [1.54, 1.807) is 23.9 Å². The zero-order valence-electron chi connectivity index (χ0n) is 11.7. The number of nitrogens with one attached hydrogen (secondary N) is 1. The van der Waals surface area contributed by atoms with Gasteiger partial charge in [-0.1, -0.05) is 18.2 Å². The molecule has 0 aliphatic heterocycles. The van der Waals surface area contributed by atoms with Crippen molar-refractivity contribution in [2.45, 2.75) is 17.9 Å². The molecule has 0 fully saturated rings. The van der Waals surface area contributed by atoms with Gasteiger partial charge in [0.1, 0.15) is 5.82 Å². The van der Waals surface area contributed by atoms with Crippen molar-refractivity contribution in [2.75, 3.05) is 6.26 Å². The first kappa shape index (κ1) is 16.0. The van der Waals surface area contributed by atoms with E-state index in [2.05, 4.69) is 21.2 Å². The molecule has 0 heterocycles. The summed E-state index contributed by atoms with van der Waals surface area (Å²) in [6.07, 6.45) is 2.01. The quantitative estimate of drug-likeness (QED) is 0.786. The van der Waals surface area contributed by atoms with Gasteiger partial charge in [0.25, 0.3) is 5.91 Å². The lowest BCUT2D eigenvalue weighted by molar-refractivity contribution is 0.0935. The number of hydrogen-bond donors (Lipinski definition) is 1. The minimum absolute atomic E-state index is 0.0389. The van der Waals surface area contributed by atoms with E-state index < -0.39 is 11.7 Å². The van der Waals surface area contributed by atoms with Gasteiger partial charge in [0.2, 0.25) is 0 Å². The van der Waals surface area contributed by atoms with Crippen LogP contribution in [-0.2, 0) is 0 Å². The Hall–Kier alpha value is -1.33.